The summed E-state index contributed by atoms with van der Waals surface area (Å²) in [5.41, 5.74) is 1.21. The molecule has 2 unspecified atom stereocenters. The van der Waals surface area contributed by atoms with Gasteiger partial charge in [-0.3, -0.25) is 4.68 Å². The molecule has 5 nitrogen and oxygen atoms in total. The standard InChI is InChI=1S/C16H19F3N4O/c1-11(13-9-20-23(2)10-13)21-15(24)22-14(16(17,18)19)8-12-6-4-3-5-7-12/h3-7,9-11,14H,8H2,1-2H3,(H2,21,22,24). The van der Waals surface area contributed by atoms with Crippen LogP contribution in [0.1, 0.15) is 24.1 Å². The summed E-state index contributed by atoms with van der Waals surface area (Å²) in [6.07, 6.45) is -1.62. The Morgan fingerprint density at radius 2 is 1.92 bits per heavy atom. The number of aryl methyl sites for hydroxylation is 1. The fourth-order valence-corrected chi connectivity index (χ4v) is 2.24. The van der Waals surface area contributed by atoms with Crippen molar-refractivity contribution in [2.45, 2.75) is 31.6 Å². The second-order valence-corrected chi connectivity index (χ2v) is 5.57. The van der Waals surface area contributed by atoms with Gasteiger partial charge in [0.15, 0.2) is 0 Å². The van der Waals surface area contributed by atoms with Gasteiger partial charge in [0.05, 0.1) is 12.2 Å². The second kappa shape index (κ2) is 7.37. The van der Waals surface area contributed by atoms with Crippen molar-refractivity contribution in [3.8, 4) is 0 Å². The Labute approximate surface area is 137 Å². The Morgan fingerprint density at radius 1 is 1.25 bits per heavy atom. The second-order valence-electron chi connectivity index (χ2n) is 5.57. The summed E-state index contributed by atoms with van der Waals surface area (Å²) < 4.78 is 41.1. The highest BCUT2D eigenvalue weighted by molar-refractivity contribution is 5.74. The van der Waals surface area contributed by atoms with Crippen molar-refractivity contribution in [1.29, 1.82) is 0 Å². The zero-order chi connectivity index (χ0) is 17.7. The first-order valence-electron chi connectivity index (χ1n) is 7.42. The Bertz CT molecular complexity index is 669. The Kier molecular flexibility index (Phi) is 5.48. The van der Waals surface area contributed by atoms with E-state index in [2.05, 4.69) is 10.4 Å². The minimum absolute atomic E-state index is 0.320. The summed E-state index contributed by atoms with van der Waals surface area (Å²) in [5.74, 6) is 0. The SMILES string of the molecule is CC(NC(=O)NC(Cc1ccccc1)C(F)(F)F)c1cnn(C)c1. The molecule has 2 aromatic rings. The molecule has 0 aliphatic carbocycles. The molecule has 0 fully saturated rings. The van der Waals surface area contributed by atoms with Gasteiger partial charge < -0.3 is 10.6 Å². The number of benzene rings is 1. The maximum Gasteiger partial charge on any atom is 0.408 e. The molecule has 2 rings (SSSR count). The molecule has 8 heteroatoms. The molecule has 0 radical (unpaired) electrons. The molecule has 1 aromatic heterocycles. The number of carbonyl (C=O) groups is 1. The van der Waals surface area contributed by atoms with Crippen LogP contribution in [-0.4, -0.2) is 28.0 Å². The van der Waals surface area contributed by atoms with Gasteiger partial charge in [-0.05, 0) is 12.5 Å². The van der Waals surface area contributed by atoms with E-state index < -0.39 is 24.3 Å². The van der Waals surface area contributed by atoms with Crippen molar-refractivity contribution in [2.24, 2.45) is 7.05 Å². The summed E-state index contributed by atoms with van der Waals surface area (Å²) >= 11 is 0. The van der Waals surface area contributed by atoms with Crippen LogP contribution in [0.5, 0.6) is 0 Å². The van der Waals surface area contributed by atoms with Gasteiger partial charge in [-0.1, -0.05) is 30.3 Å². The molecule has 0 aliphatic heterocycles. The molecule has 1 heterocycles. The lowest BCUT2D eigenvalue weighted by molar-refractivity contribution is -0.152. The highest BCUT2D eigenvalue weighted by Crippen LogP contribution is 2.23. The topological polar surface area (TPSA) is 59.0 Å². The van der Waals surface area contributed by atoms with E-state index in [1.54, 1.807) is 61.4 Å². The number of aromatic nitrogens is 2. The molecular formula is C16H19F3N4O. The third kappa shape index (κ3) is 5.00. The predicted molar refractivity (Wildman–Crippen MR) is 83.3 cm³/mol. The van der Waals surface area contributed by atoms with Crippen LogP contribution in [0.25, 0.3) is 0 Å². The van der Waals surface area contributed by atoms with E-state index in [1.165, 1.54) is 0 Å². The molecule has 0 spiro atoms. The normalized spacial score (nSPS) is 14.0. The van der Waals surface area contributed by atoms with Crippen LogP contribution < -0.4 is 10.6 Å². The van der Waals surface area contributed by atoms with Crippen LogP contribution in [0, 0.1) is 0 Å². The molecule has 0 aliphatic rings. The molecule has 0 bridgehead atoms. The van der Waals surface area contributed by atoms with E-state index >= 15 is 0 Å². The predicted octanol–water partition coefficient (Wildman–Crippen LogP) is 2.95. The van der Waals surface area contributed by atoms with Crippen LogP contribution in [-0.2, 0) is 13.5 Å². The van der Waals surface area contributed by atoms with E-state index in [0.717, 1.165) is 0 Å². The van der Waals surface area contributed by atoms with Gasteiger partial charge in [-0.25, -0.2) is 4.79 Å². The lowest BCUT2D eigenvalue weighted by Crippen LogP contribution is -2.50. The number of urea groups is 1. The highest BCUT2D eigenvalue weighted by atomic mass is 19.4. The monoisotopic (exact) mass is 340 g/mol. The third-order valence-corrected chi connectivity index (χ3v) is 3.56. The molecule has 2 amide bonds. The molecule has 2 atom stereocenters. The number of hydrogen-bond donors (Lipinski definition) is 2. The van der Waals surface area contributed by atoms with Crippen LogP contribution in [0.2, 0.25) is 0 Å². The van der Waals surface area contributed by atoms with Crippen molar-refractivity contribution < 1.29 is 18.0 Å². The average Bonchev–Trinajstić information content (AvgIpc) is 2.93. The van der Waals surface area contributed by atoms with Crippen molar-refractivity contribution in [3.05, 3.63) is 53.9 Å². The number of rotatable bonds is 5. The number of hydrogen-bond acceptors (Lipinski definition) is 2. The van der Waals surface area contributed by atoms with Crippen LogP contribution >= 0.6 is 0 Å². The number of amides is 2. The van der Waals surface area contributed by atoms with Gasteiger partial charge in [0.2, 0.25) is 0 Å². The first kappa shape index (κ1) is 17.8. The largest absolute Gasteiger partial charge is 0.408 e. The molecule has 2 N–H and O–H groups in total. The summed E-state index contributed by atoms with van der Waals surface area (Å²) in [6, 6.07) is 4.95. The molecule has 0 saturated carbocycles. The Hall–Kier alpha value is -2.51. The van der Waals surface area contributed by atoms with Gasteiger partial charge in [-0.2, -0.15) is 18.3 Å². The Morgan fingerprint density at radius 3 is 2.46 bits per heavy atom. The third-order valence-electron chi connectivity index (χ3n) is 3.56. The van der Waals surface area contributed by atoms with Crippen LogP contribution in [0.15, 0.2) is 42.7 Å². The number of nitrogens with zero attached hydrogens (tertiary/aromatic N) is 2. The van der Waals surface area contributed by atoms with E-state index in [4.69, 9.17) is 0 Å². The van der Waals surface area contributed by atoms with Crippen molar-refractivity contribution in [2.75, 3.05) is 0 Å². The minimum Gasteiger partial charge on any atom is -0.332 e. The highest BCUT2D eigenvalue weighted by Gasteiger charge is 2.40. The van der Waals surface area contributed by atoms with E-state index in [9.17, 15) is 18.0 Å². The lowest BCUT2D eigenvalue weighted by Gasteiger charge is -2.23. The van der Waals surface area contributed by atoms with Crippen molar-refractivity contribution in [1.82, 2.24) is 20.4 Å². The maximum absolute atomic E-state index is 13.2. The quantitative estimate of drug-likeness (QED) is 0.879. The van der Waals surface area contributed by atoms with E-state index in [1.807, 2.05) is 5.32 Å². The van der Waals surface area contributed by atoms with Gasteiger partial charge in [0, 0.05) is 25.2 Å². The summed E-state index contributed by atoms with van der Waals surface area (Å²) in [4.78, 5) is 11.9. The van der Waals surface area contributed by atoms with Crippen LogP contribution in [0.4, 0.5) is 18.0 Å². The van der Waals surface area contributed by atoms with Gasteiger partial charge >= 0.3 is 12.2 Å². The van der Waals surface area contributed by atoms with Gasteiger partial charge in [0.1, 0.15) is 6.04 Å². The Balaban J connectivity index is 1.99. The maximum atomic E-state index is 13.2. The number of alkyl halides is 3. The van der Waals surface area contributed by atoms with Crippen molar-refractivity contribution >= 4 is 6.03 Å². The zero-order valence-electron chi connectivity index (χ0n) is 13.3. The molecule has 24 heavy (non-hydrogen) atoms. The first-order valence-corrected chi connectivity index (χ1v) is 7.42. The summed E-state index contributed by atoms with van der Waals surface area (Å²) in [7, 11) is 1.72. The fourth-order valence-electron chi connectivity index (χ4n) is 2.24. The zero-order valence-corrected chi connectivity index (χ0v) is 13.3. The first-order chi connectivity index (χ1) is 11.3. The fraction of sp³-hybridized carbons (Fsp3) is 0.375. The van der Waals surface area contributed by atoms with Crippen molar-refractivity contribution in [3.63, 3.8) is 0 Å². The molecule has 130 valence electrons. The molecule has 0 saturated heterocycles. The average molecular weight is 340 g/mol. The van der Waals surface area contributed by atoms with Crippen LogP contribution in [0.3, 0.4) is 0 Å². The number of nitrogens with one attached hydrogen (secondary N) is 2. The number of carbonyl (C=O) groups excluding carboxylic acids is 1. The minimum atomic E-state index is -4.54. The van der Waals surface area contributed by atoms with E-state index in [0.29, 0.717) is 11.1 Å². The smallest absolute Gasteiger partial charge is 0.332 e. The summed E-state index contributed by atoms with van der Waals surface area (Å²) in [6.45, 7) is 1.68. The summed E-state index contributed by atoms with van der Waals surface area (Å²) in [5, 5.41) is 8.47. The van der Waals surface area contributed by atoms with Gasteiger partial charge in [0.25, 0.3) is 0 Å². The van der Waals surface area contributed by atoms with E-state index in [-0.39, 0.29) is 6.42 Å². The number of halogens is 3. The molecule has 1 aromatic carbocycles. The molecular weight excluding hydrogens is 321 g/mol. The lowest BCUT2D eigenvalue weighted by atomic mass is 10.1. The van der Waals surface area contributed by atoms with Gasteiger partial charge in [-0.15, -0.1) is 0 Å².